The Morgan fingerprint density at radius 1 is 1.36 bits per heavy atom. The van der Waals surface area contributed by atoms with Crippen molar-refractivity contribution in [2.24, 2.45) is 0 Å². The van der Waals surface area contributed by atoms with Crippen molar-refractivity contribution in [2.75, 3.05) is 32.8 Å². The molecule has 3 aliphatic heterocycles. The van der Waals surface area contributed by atoms with E-state index in [0.29, 0.717) is 12.6 Å². The average Bonchev–Trinajstić information content (AvgIpc) is 2.18. The van der Waals surface area contributed by atoms with E-state index in [1.807, 2.05) is 6.92 Å². The number of esters is 1. The summed E-state index contributed by atoms with van der Waals surface area (Å²) in [5.74, 6) is -0.0518. The number of fused-ring (bicyclic) bond motifs is 3. The van der Waals surface area contributed by atoms with Gasteiger partial charge in [0.15, 0.2) is 0 Å². The summed E-state index contributed by atoms with van der Waals surface area (Å²) in [5.41, 5.74) is 0. The van der Waals surface area contributed by atoms with Crippen LogP contribution in [0.1, 0.15) is 13.8 Å². The lowest BCUT2D eigenvalue weighted by Crippen LogP contribution is -2.66. The first-order valence-corrected chi connectivity index (χ1v) is 5.37. The minimum absolute atomic E-state index is 0.0140. The Labute approximate surface area is 84.8 Å². The summed E-state index contributed by atoms with van der Waals surface area (Å²) in [7, 11) is 0. The standard InChI is InChI=1S/C10H18N2O2/c1-3-14-10(13)9-7-11-4-5-12(9)6-8(11)2/h8-9H,3-7H2,1-2H3. The molecule has 3 aliphatic rings. The first-order valence-electron chi connectivity index (χ1n) is 5.37. The topological polar surface area (TPSA) is 32.8 Å². The molecule has 0 spiro atoms. The van der Waals surface area contributed by atoms with Gasteiger partial charge in [0.05, 0.1) is 6.61 Å². The zero-order valence-electron chi connectivity index (χ0n) is 8.90. The molecule has 4 heteroatoms. The van der Waals surface area contributed by atoms with Crippen LogP contribution in [-0.4, -0.2) is 60.6 Å². The van der Waals surface area contributed by atoms with Crippen molar-refractivity contribution >= 4 is 5.97 Å². The smallest absolute Gasteiger partial charge is 0.324 e. The van der Waals surface area contributed by atoms with Crippen molar-refractivity contribution in [3.05, 3.63) is 0 Å². The zero-order valence-corrected chi connectivity index (χ0v) is 8.90. The number of ether oxygens (including phenoxy) is 1. The molecular weight excluding hydrogens is 180 g/mol. The van der Waals surface area contributed by atoms with E-state index >= 15 is 0 Å². The second kappa shape index (κ2) is 3.87. The van der Waals surface area contributed by atoms with E-state index in [9.17, 15) is 4.79 Å². The van der Waals surface area contributed by atoms with Crippen LogP contribution in [0.3, 0.4) is 0 Å². The molecule has 0 N–H and O–H groups in total. The van der Waals surface area contributed by atoms with Gasteiger partial charge in [-0.1, -0.05) is 0 Å². The van der Waals surface area contributed by atoms with E-state index in [0.717, 1.165) is 26.2 Å². The predicted octanol–water partition coefficient (Wildman–Crippen LogP) is -0.0622. The normalized spacial score (nSPS) is 41.0. The first kappa shape index (κ1) is 9.93. The predicted molar refractivity (Wildman–Crippen MR) is 53.0 cm³/mol. The lowest BCUT2D eigenvalue weighted by Gasteiger charge is -2.49. The van der Waals surface area contributed by atoms with Crippen molar-refractivity contribution in [2.45, 2.75) is 25.9 Å². The number of hydrogen-bond acceptors (Lipinski definition) is 4. The summed E-state index contributed by atoms with van der Waals surface area (Å²) in [5, 5.41) is 0. The van der Waals surface area contributed by atoms with Gasteiger partial charge in [0.2, 0.25) is 0 Å². The molecule has 14 heavy (non-hydrogen) atoms. The number of hydrogen-bond donors (Lipinski definition) is 0. The van der Waals surface area contributed by atoms with Crippen LogP contribution in [0.2, 0.25) is 0 Å². The summed E-state index contributed by atoms with van der Waals surface area (Å²) < 4.78 is 5.06. The van der Waals surface area contributed by atoms with E-state index in [2.05, 4.69) is 16.7 Å². The Morgan fingerprint density at radius 2 is 2.07 bits per heavy atom. The summed E-state index contributed by atoms with van der Waals surface area (Å²) in [6, 6.07) is 0.578. The molecule has 2 bridgehead atoms. The lowest BCUT2D eigenvalue weighted by molar-refractivity contribution is -0.156. The van der Waals surface area contributed by atoms with Gasteiger partial charge in [0.25, 0.3) is 0 Å². The van der Waals surface area contributed by atoms with E-state index in [-0.39, 0.29) is 12.0 Å². The number of piperazine rings is 3. The minimum atomic E-state index is -0.0518. The molecule has 4 unspecified atom stereocenters. The Balaban J connectivity index is 1.99. The maximum Gasteiger partial charge on any atom is 0.324 e. The van der Waals surface area contributed by atoms with Gasteiger partial charge in [0.1, 0.15) is 6.04 Å². The molecule has 3 fully saturated rings. The Bertz CT molecular complexity index is 232. The molecule has 3 saturated heterocycles. The van der Waals surface area contributed by atoms with Crippen molar-refractivity contribution in [3.63, 3.8) is 0 Å². The Kier molecular flexibility index (Phi) is 2.74. The highest BCUT2D eigenvalue weighted by molar-refractivity contribution is 5.76. The number of carbonyl (C=O) groups is 1. The van der Waals surface area contributed by atoms with Gasteiger partial charge < -0.3 is 4.74 Å². The largest absolute Gasteiger partial charge is 0.465 e. The van der Waals surface area contributed by atoms with E-state index in [1.54, 1.807) is 0 Å². The van der Waals surface area contributed by atoms with Crippen molar-refractivity contribution < 1.29 is 9.53 Å². The van der Waals surface area contributed by atoms with Crippen molar-refractivity contribution in [1.29, 1.82) is 0 Å². The highest BCUT2D eigenvalue weighted by Gasteiger charge is 2.40. The van der Waals surface area contributed by atoms with Gasteiger partial charge in [-0.25, -0.2) is 0 Å². The highest BCUT2D eigenvalue weighted by atomic mass is 16.5. The number of carbonyl (C=O) groups excluding carboxylic acids is 1. The molecule has 4 atom stereocenters. The van der Waals surface area contributed by atoms with Gasteiger partial charge in [-0.15, -0.1) is 0 Å². The summed E-state index contributed by atoms with van der Waals surface area (Å²) in [6.45, 7) is 8.51. The molecule has 3 heterocycles. The first-order chi connectivity index (χ1) is 6.72. The van der Waals surface area contributed by atoms with Crippen molar-refractivity contribution in [1.82, 2.24) is 9.80 Å². The van der Waals surface area contributed by atoms with Crippen LogP contribution in [-0.2, 0) is 9.53 Å². The number of rotatable bonds is 2. The summed E-state index contributed by atoms with van der Waals surface area (Å²) >= 11 is 0. The highest BCUT2D eigenvalue weighted by Crippen LogP contribution is 2.21. The fourth-order valence-corrected chi connectivity index (χ4v) is 2.38. The maximum absolute atomic E-state index is 11.6. The third-order valence-electron chi connectivity index (χ3n) is 3.20. The van der Waals surface area contributed by atoms with Crippen LogP contribution in [0.25, 0.3) is 0 Å². The van der Waals surface area contributed by atoms with Gasteiger partial charge in [0, 0.05) is 32.2 Å². The summed E-state index contributed by atoms with van der Waals surface area (Å²) in [6.07, 6.45) is 0. The van der Waals surface area contributed by atoms with Crippen LogP contribution in [0.15, 0.2) is 0 Å². The Morgan fingerprint density at radius 3 is 2.57 bits per heavy atom. The summed E-state index contributed by atoms with van der Waals surface area (Å²) in [4.78, 5) is 16.2. The van der Waals surface area contributed by atoms with Gasteiger partial charge in [-0.05, 0) is 13.8 Å². The molecule has 0 aromatic heterocycles. The third kappa shape index (κ3) is 1.64. The molecular formula is C10H18N2O2. The maximum atomic E-state index is 11.6. The molecule has 0 saturated carbocycles. The van der Waals surface area contributed by atoms with Gasteiger partial charge in [-0.2, -0.15) is 0 Å². The third-order valence-corrected chi connectivity index (χ3v) is 3.20. The van der Waals surface area contributed by atoms with Crippen LogP contribution in [0.4, 0.5) is 0 Å². The quantitative estimate of drug-likeness (QED) is 0.582. The van der Waals surface area contributed by atoms with Crippen LogP contribution < -0.4 is 0 Å². The molecule has 4 nitrogen and oxygen atoms in total. The molecule has 0 aromatic rings. The second-order valence-corrected chi connectivity index (χ2v) is 4.11. The SMILES string of the molecule is CCOC(=O)C1CN2CCN1CC2C. The Hall–Kier alpha value is -0.610. The van der Waals surface area contributed by atoms with Crippen LogP contribution in [0.5, 0.6) is 0 Å². The van der Waals surface area contributed by atoms with E-state index in [4.69, 9.17) is 4.74 Å². The average molecular weight is 198 g/mol. The molecule has 3 rings (SSSR count). The second-order valence-electron chi connectivity index (χ2n) is 4.11. The fourth-order valence-electron chi connectivity index (χ4n) is 2.38. The van der Waals surface area contributed by atoms with Crippen molar-refractivity contribution in [3.8, 4) is 0 Å². The fraction of sp³-hybridized carbons (Fsp3) is 0.900. The molecule has 80 valence electrons. The monoisotopic (exact) mass is 198 g/mol. The molecule has 0 aliphatic carbocycles. The van der Waals surface area contributed by atoms with E-state index < -0.39 is 0 Å². The van der Waals surface area contributed by atoms with Gasteiger partial charge in [-0.3, -0.25) is 14.6 Å². The van der Waals surface area contributed by atoms with Gasteiger partial charge >= 0.3 is 5.97 Å². The minimum Gasteiger partial charge on any atom is -0.465 e. The molecule has 0 aromatic carbocycles. The molecule has 0 amide bonds. The van der Waals surface area contributed by atoms with E-state index in [1.165, 1.54) is 0 Å². The zero-order chi connectivity index (χ0) is 10.1. The molecule has 0 radical (unpaired) electrons. The lowest BCUT2D eigenvalue weighted by atomic mass is 10.0. The van der Waals surface area contributed by atoms with Crippen LogP contribution >= 0.6 is 0 Å². The van der Waals surface area contributed by atoms with Crippen LogP contribution in [0, 0.1) is 0 Å². The number of nitrogens with zero attached hydrogens (tertiary/aromatic N) is 2.